The number of ether oxygens (including phenoxy) is 6. The summed E-state index contributed by atoms with van der Waals surface area (Å²) < 4.78 is 39.0. The molecule has 0 aliphatic carbocycles. The lowest BCUT2D eigenvalue weighted by molar-refractivity contribution is -0.277. The zero-order chi connectivity index (χ0) is 40.0. The van der Waals surface area contributed by atoms with Gasteiger partial charge in [-0.05, 0) is 18.2 Å². The Morgan fingerprint density at radius 3 is 1.51 bits per heavy atom. The van der Waals surface area contributed by atoms with E-state index in [0.29, 0.717) is 0 Å². The Morgan fingerprint density at radius 2 is 1.02 bits per heavy atom. The normalized spacial score (nSPS) is 36.8. The van der Waals surface area contributed by atoms with E-state index in [2.05, 4.69) is 0 Å². The molecule has 3 fully saturated rings. The molecule has 0 saturated carbocycles. The number of fused-ring (bicyclic) bond motifs is 1. The highest BCUT2D eigenvalue weighted by Gasteiger charge is 2.47. The molecule has 2 aromatic carbocycles. The van der Waals surface area contributed by atoms with E-state index in [-0.39, 0.29) is 11.3 Å². The van der Waals surface area contributed by atoms with Crippen LogP contribution >= 0.6 is 0 Å². The summed E-state index contributed by atoms with van der Waals surface area (Å²) in [6, 6.07) is 5.12. The molecule has 6 rings (SSSR count). The summed E-state index contributed by atoms with van der Waals surface area (Å²) in [4.78, 5) is 14.1. The van der Waals surface area contributed by atoms with Crippen LogP contribution in [-0.4, -0.2) is 183 Å². The Bertz CT molecular complexity index is 1870. The molecule has 3 aliphatic heterocycles. The van der Waals surface area contributed by atoms with Crippen LogP contribution in [0.5, 0.6) is 28.7 Å². The number of phenolic OH excluding ortho intramolecular Hbond substituents is 2. The van der Waals surface area contributed by atoms with Crippen LogP contribution in [0.25, 0.3) is 22.3 Å². The summed E-state index contributed by atoms with van der Waals surface area (Å²) in [6.07, 6.45) is -26.4. The molecule has 15 unspecified atom stereocenters. The Labute approximate surface area is 307 Å². The quantitative estimate of drug-likeness (QED) is 0.0910. The number of hydrogen-bond donors (Lipinski definition) is 14. The van der Waals surface area contributed by atoms with Gasteiger partial charge in [-0.15, -0.1) is 0 Å². The molecule has 0 bridgehead atoms. The van der Waals surface area contributed by atoms with E-state index < -0.39 is 157 Å². The van der Waals surface area contributed by atoms with Gasteiger partial charge in [0.15, 0.2) is 17.3 Å². The number of rotatable bonds is 10. The summed E-state index contributed by atoms with van der Waals surface area (Å²) in [5, 5.41) is 143. The molecule has 14 N–H and O–H groups in total. The highest BCUT2D eigenvalue weighted by Crippen LogP contribution is 2.41. The van der Waals surface area contributed by atoms with E-state index in [1.807, 2.05) is 0 Å². The number of phenols is 2. The molecule has 55 heavy (non-hydrogen) atoms. The number of benzene rings is 2. The topological polar surface area (TPSA) is 369 Å². The number of aliphatic hydroxyl groups is 12. The fourth-order valence-corrected chi connectivity index (χ4v) is 6.24. The molecule has 0 amide bonds. The first-order chi connectivity index (χ1) is 26.1. The number of hydrogen-bond acceptors (Lipinski definition) is 22. The summed E-state index contributed by atoms with van der Waals surface area (Å²) in [7, 11) is 0. The van der Waals surface area contributed by atoms with Gasteiger partial charge in [0.05, 0.1) is 19.8 Å². The first kappa shape index (κ1) is 40.7. The molecular formula is C33H40O22. The molecule has 3 saturated heterocycles. The molecular weight excluding hydrogens is 748 g/mol. The lowest BCUT2D eigenvalue weighted by atomic mass is 9.99. The lowest BCUT2D eigenvalue weighted by Crippen LogP contribution is -2.60. The van der Waals surface area contributed by atoms with Gasteiger partial charge in [-0.1, -0.05) is 0 Å². The van der Waals surface area contributed by atoms with E-state index in [9.17, 15) is 76.3 Å². The lowest BCUT2D eigenvalue weighted by Gasteiger charge is -2.39. The van der Waals surface area contributed by atoms with Crippen molar-refractivity contribution in [2.24, 2.45) is 0 Å². The van der Waals surface area contributed by atoms with Gasteiger partial charge in [0, 0.05) is 17.7 Å². The summed E-state index contributed by atoms with van der Waals surface area (Å²) in [5.74, 6) is -3.65. The van der Waals surface area contributed by atoms with Gasteiger partial charge in [-0.25, -0.2) is 0 Å². The minimum atomic E-state index is -2.03. The molecule has 22 nitrogen and oxygen atoms in total. The van der Waals surface area contributed by atoms with E-state index in [4.69, 9.17) is 32.8 Å². The minimum absolute atomic E-state index is 0.185. The maximum atomic E-state index is 14.1. The zero-order valence-electron chi connectivity index (χ0n) is 28.2. The first-order valence-corrected chi connectivity index (χ1v) is 16.7. The number of aliphatic hydroxyl groups excluding tert-OH is 12. The van der Waals surface area contributed by atoms with Crippen molar-refractivity contribution in [1.29, 1.82) is 0 Å². The monoisotopic (exact) mass is 788 g/mol. The van der Waals surface area contributed by atoms with Crippen molar-refractivity contribution in [1.82, 2.24) is 0 Å². The molecule has 4 heterocycles. The standard InChI is InChI=1S/C33H40O22/c34-6-15-19(39)23(43)26(46)31(52-15)49-10-4-12(38)18-14(5-10)50-29(30(22(18)42)55-33-28(48)25(45)21(41)17(8-36)54-33)9-1-2-11(37)13(3-9)51-32-27(47)24(44)20(40)16(7-35)53-32/h1-5,15-17,19-21,23-28,31-41,43-48H,6-8H2. The largest absolute Gasteiger partial charge is 0.507 e. The Kier molecular flexibility index (Phi) is 12.0. The van der Waals surface area contributed by atoms with E-state index in [1.165, 1.54) is 0 Å². The van der Waals surface area contributed by atoms with Crippen LogP contribution in [0.15, 0.2) is 39.5 Å². The van der Waals surface area contributed by atoms with Crippen molar-refractivity contribution < 1.29 is 104 Å². The van der Waals surface area contributed by atoms with Crippen molar-refractivity contribution in [3.8, 4) is 40.1 Å². The van der Waals surface area contributed by atoms with Crippen LogP contribution in [-0.2, 0) is 14.2 Å². The van der Waals surface area contributed by atoms with Gasteiger partial charge in [0.25, 0.3) is 0 Å². The minimum Gasteiger partial charge on any atom is -0.507 e. The van der Waals surface area contributed by atoms with Crippen molar-refractivity contribution in [2.45, 2.75) is 92.1 Å². The Hall–Kier alpha value is -3.95. The van der Waals surface area contributed by atoms with E-state index in [1.54, 1.807) is 0 Å². The second-order valence-corrected chi connectivity index (χ2v) is 13.0. The van der Waals surface area contributed by atoms with Crippen molar-refractivity contribution in [2.75, 3.05) is 19.8 Å². The zero-order valence-corrected chi connectivity index (χ0v) is 28.2. The highest BCUT2D eigenvalue weighted by molar-refractivity contribution is 5.88. The Morgan fingerprint density at radius 1 is 0.545 bits per heavy atom. The van der Waals surface area contributed by atoms with Crippen molar-refractivity contribution in [3.05, 3.63) is 40.6 Å². The molecule has 0 radical (unpaired) electrons. The second kappa shape index (κ2) is 16.3. The third-order valence-electron chi connectivity index (χ3n) is 9.40. The van der Waals surface area contributed by atoms with Gasteiger partial charge in [-0.3, -0.25) is 4.79 Å². The molecule has 3 aromatic rings. The average Bonchev–Trinajstić information content (AvgIpc) is 3.16. The third kappa shape index (κ3) is 7.63. The Balaban J connectivity index is 1.44. The molecule has 3 aliphatic rings. The molecule has 0 spiro atoms. The van der Waals surface area contributed by atoms with Crippen LogP contribution in [0.3, 0.4) is 0 Å². The first-order valence-electron chi connectivity index (χ1n) is 16.7. The van der Waals surface area contributed by atoms with Gasteiger partial charge in [0.1, 0.15) is 95.7 Å². The van der Waals surface area contributed by atoms with Crippen LogP contribution in [0.1, 0.15) is 0 Å². The molecule has 304 valence electrons. The van der Waals surface area contributed by atoms with Gasteiger partial charge in [0.2, 0.25) is 30.0 Å². The van der Waals surface area contributed by atoms with Crippen LogP contribution in [0.2, 0.25) is 0 Å². The van der Waals surface area contributed by atoms with Crippen LogP contribution < -0.4 is 19.6 Å². The molecule has 22 heteroatoms. The predicted molar refractivity (Wildman–Crippen MR) is 174 cm³/mol. The van der Waals surface area contributed by atoms with E-state index in [0.717, 1.165) is 30.3 Å². The maximum absolute atomic E-state index is 14.1. The van der Waals surface area contributed by atoms with Crippen molar-refractivity contribution in [3.63, 3.8) is 0 Å². The fraction of sp³-hybridized carbons (Fsp3) is 0.545. The maximum Gasteiger partial charge on any atom is 0.239 e. The van der Waals surface area contributed by atoms with Crippen LogP contribution in [0.4, 0.5) is 0 Å². The summed E-state index contributed by atoms with van der Waals surface area (Å²) >= 11 is 0. The average molecular weight is 789 g/mol. The van der Waals surface area contributed by atoms with Gasteiger partial charge < -0.3 is 104 Å². The van der Waals surface area contributed by atoms with Gasteiger partial charge >= 0.3 is 0 Å². The summed E-state index contributed by atoms with van der Waals surface area (Å²) in [5.41, 5.74) is -1.80. The fourth-order valence-electron chi connectivity index (χ4n) is 6.24. The van der Waals surface area contributed by atoms with E-state index >= 15 is 0 Å². The van der Waals surface area contributed by atoms with Crippen molar-refractivity contribution >= 4 is 11.0 Å². The van der Waals surface area contributed by atoms with Crippen LogP contribution in [0, 0.1) is 0 Å². The summed E-state index contributed by atoms with van der Waals surface area (Å²) in [6.45, 7) is -2.44. The molecule has 15 atom stereocenters. The second-order valence-electron chi connectivity index (χ2n) is 13.0. The highest BCUT2D eigenvalue weighted by atomic mass is 16.7. The smallest absolute Gasteiger partial charge is 0.239 e. The SMILES string of the molecule is O=c1c(OC2OC(CO)C(O)C(O)C2O)c(-c2ccc(O)c(OC3OC(CO)C(O)C(O)C3O)c2)oc2cc(OC3OC(CO)C(O)C(O)C3O)cc(O)c12. The molecule has 1 aromatic heterocycles. The third-order valence-corrected chi connectivity index (χ3v) is 9.40. The van der Waals surface area contributed by atoms with Gasteiger partial charge in [-0.2, -0.15) is 0 Å². The predicted octanol–water partition coefficient (Wildman–Crippen LogP) is -5.59. The number of aromatic hydroxyl groups is 2.